The van der Waals surface area contributed by atoms with Crippen LogP contribution in [0.15, 0.2) is 32.5 Å². The van der Waals surface area contributed by atoms with Gasteiger partial charge in [-0.15, -0.1) is 0 Å². The summed E-state index contributed by atoms with van der Waals surface area (Å²) in [5.41, 5.74) is 2.59. The normalized spacial score (nSPS) is 23.8. The van der Waals surface area contributed by atoms with Gasteiger partial charge in [-0.25, -0.2) is 0 Å². The first-order valence-electron chi connectivity index (χ1n) is 5.40. The van der Waals surface area contributed by atoms with Gasteiger partial charge in [-0.3, -0.25) is 19.6 Å². The zero-order valence-electron chi connectivity index (χ0n) is 8.69. The van der Waals surface area contributed by atoms with Crippen molar-refractivity contribution in [3.63, 3.8) is 0 Å². The van der Waals surface area contributed by atoms with Gasteiger partial charge >= 0.3 is 0 Å². The molecule has 0 spiro atoms. The summed E-state index contributed by atoms with van der Waals surface area (Å²) in [5, 5.41) is 0. The average Bonchev–Trinajstić information content (AvgIpc) is 2.36. The minimum Gasteiger partial charge on any atom is -0.283 e. The van der Waals surface area contributed by atoms with E-state index in [2.05, 4.69) is 9.98 Å². The van der Waals surface area contributed by atoms with Gasteiger partial charge in [0.05, 0.1) is 0 Å². The molecule has 0 radical (unpaired) electrons. The highest BCUT2D eigenvalue weighted by Crippen LogP contribution is 2.36. The molecule has 0 N–H and O–H groups in total. The Hall–Kier alpha value is -1.84. The highest BCUT2D eigenvalue weighted by Gasteiger charge is 2.35. The van der Waals surface area contributed by atoms with Gasteiger partial charge in [0.1, 0.15) is 11.4 Å². The molecule has 0 aromatic rings. The first kappa shape index (κ1) is 9.39. The predicted molar refractivity (Wildman–Crippen MR) is 59.5 cm³/mol. The van der Waals surface area contributed by atoms with Crippen molar-refractivity contribution in [2.24, 2.45) is 9.98 Å². The van der Waals surface area contributed by atoms with E-state index >= 15 is 0 Å². The summed E-state index contributed by atoms with van der Waals surface area (Å²) in [7, 11) is 0. The monoisotopic (exact) mass is 214 g/mol. The molecule has 0 aromatic carbocycles. The predicted octanol–water partition coefficient (Wildman–Crippen LogP) is 1.38. The van der Waals surface area contributed by atoms with Crippen molar-refractivity contribution in [3.05, 3.63) is 22.5 Å². The molecule has 4 heteroatoms. The standard InChI is InChI=1S/C12H10N2O2/c15-11-9-7(3-1-5-13-9)8-4-2-6-14-10(8)12(11)16/h5-6H,1-4H2. The van der Waals surface area contributed by atoms with E-state index < -0.39 is 11.6 Å². The van der Waals surface area contributed by atoms with Gasteiger partial charge in [-0.2, -0.15) is 0 Å². The highest BCUT2D eigenvalue weighted by molar-refractivity contribution is 6.50. The molecule has 0 unspecified atom stereocenters. The number of carbonyl (C=O) groups excluding carboxylic acids is 2. The molecule has 0 aromatic heterocycles. The van der Waals surface area contributed by atoms with Gasteiger partial charge in [0.25, 0.3) is 11.6 Å². The number of hydrogen-bond donors (Lipinski definition) is 0. The lowest BCUT2D eigenvalue weighted by atomic mass is 9.84. The first-order valence-corrected chi connectivity index (χ1v) is 5.40. The van der Waals surface area contributed by atoms with Crippen LogP contribution in [0.4, 0.5) is 0 Å². The highest BCUT2D eigenvalue weighted by atomic mass is 16.2. The Balaban J connectivity index is 2.23. The van der Waals surface area contributed by atoms with E-state index in [1.165, 1.54) is 0 Å². The van der Waals surface area contributed by atoms with Crippen molar-refractivity contribution in [1.29, 1.82) is 0 Å². The van der Waals surface area contributed by atoms with Crippen molar-refractivity contribution in [2.45, 2.75) is 25.7 Å². The van der Waals surface area contributed by atoms with Crippen molar-refractivity contribution >= 4 is 24.0 Å². The lowest BCUT2D eigenvalue weighted by molar-refractivity contribution is -0.132. The molecule has 0 fully saturated rings. The number of rotatable bonds is 0. The van der Waals surface area contributed by atoms with Crippen molar-refractivity contribution in [3.8, 4) is 0 Å². The molecule has 0 amide bonds. The number of hydrogen-bond acceptors (Lipinski definition) is 4. The molecule has 0 atom stereocenters. The summed E-state index contributed by atoms with van der Waals surface area (Å²) in [5.74, 6) is -0.993. The van der Waals surface area contributed by atoms with Gasteiger partial charge < -0.3 is 0 Å². The molecule has 2 heterocycles. The third kappa shape index (κ3) is 1.16. The number of allylic oxidation sites excluding steroid dienone is 4. The minimum absolute atomic E-state index is 0.354. The Morgan fingerprint density at radius 1 is 0.812 bits per heavy atom. The van der Waals surface area contributed by atoms with E-state index in [4.69, 9.17) is 0 Å². The van der Waals surface area contributed by atoms with E-state index in [1.54, 1.807) is 12.4 Å². The zero-order chi connectivity index (χ0) is 11.1. The fraction of sp³-hybridized carbons (Fsp3) is 0.333. The lowest BCUT2D eigenvalue weighted by Crippen LogP contribution is -2.27. The Bertz CT molecular complexity index is 473. The second kappa shape index (κ2) is 3.33. The maximum atomic E-state index is 11.8. The van der Waals surface area contributed by atoms with Crippen LogP contribution >= 0.6 is 0 Å². The second-order valence-electron chi connectivity index (χ2n) is 4.01. The topological polar surface area (TPSA) is 58.9 Å². The molecular formula is C12H10N2O2. The summed E-state index contributed by atoms with van der Waals surface area (Å²) in [6, 6.07) is 0. The molecule has 3 aliphatic rings. The van der Waals surface area contributed by atoms with Crippen molar-refractivity contribution < 1.29 is 9.59 Å². The van der Waals surface area contributed by atoms with E-state index in [9.17, 15) is 9.59 Å². The molecule has 80 valence electrons. The number of carbonyl (C=O) groups is 2. The van der Waals surface area contributed by atoms with Crippen LogP contribution in [-0.4, -0.2) is 24.0 Å². The van der Waals surface area contributed by atoms with Gasteiger partial charge in [-0.05, 0) is 36.8 Å². The van der Waals surface area contributed by atoms with Gasteiger partial charge in [0, 0.05) is 12.4 Å². The Labute approximate surface area is 92.5 Å². The molecule has 0 saturated carbocycles. The van der Waals surface area contributed by atoms with Crippen LogP contribution in [0, 0.1) is 0 Å². The van der Waals surface area contributed by atoms with Crippen LogP contribution in [-0.2, 0) is 9.59 Å². The van der Waals surface area contributed by atoms with E-state index in [0.29, 0.717) is 11.4 Å². The minimum atomic E-state index is -0.497. The first-order chi connectivity index (χ1) is 7.79. The quantitative estimate of drug-likeness (QED) is 0.451. The number of ketones is 2. The number of aliphatic imine (C=N–C) groups is 2. The maximum absolute atomic E-state index is 11.8. The van der Waals surface area contributed by atoms with Crippen LogP contribution < -0.4 is 0 Å². The second-order valence-corrected chi connectivity index (χ2v) is 4.01. The molecule has 0 saturated heterocycles. The van der Waals surface area contributed by atoms with E-state index in [0.717, 1.165) is 36.8 Å². The van der Waals surface area contributed by atoms with Gasteiger partial charge in [0.15, 0.2) is 0 Å². The molecule has 4 nitrogen and oxygen atoms in total. The van der Waals surface area contributed by atoms with Crippen LogP contribution in [0.1, 0.15) is 25.7 Å². The zero-order valence-corrected chi connectivity index (χ0v) is 8.69. The lowest BCUT2D eigenvalue weighted by Gasteiger charge is -2.24. The Morgan fingerprint density at radius 3 is 1.69 bits per heavy atom. The van der Waals surface area contributed by atoms with Crippen LogP contribution in [0.25, 0.3) is 0 Å². The largest absolute Gasteiger partial charge is 0.283 e. The summed E-state index contributed by atoms with van der Waals surface area (Å²) >= 11 is 0. The fourth-order valence-electron chi connectivity index (χ4n) is 2.32. The average molecular weight is 214 g/mol. The molecule has 16 heavy (non-hydrogen) atoms. The number of nitrogens with zero attached hydrogens (tertiary/aromatic N) is 2. The smallest absolute Gasteiger partial charge is 0.253 e. The van der Waals surface area contributed by atoms with E-state index in [-0.39, 0.29) is 0 Å². The van der Waals surface area contributed by atoms with Crippen LogP contribution in [0.3, 0.4) is 0 Å². The maximum Gasteiger partial charge on any atom is 0.253 e. The summed E-state index contributed by atoms with van der Waals surface area (Å²) in [6.45, 7) is 0. The molecule has 1 aliphatic carbocycles. The summed E-state index contributed by atoms with van der Waals surface area (Å²) < 4.78 is 0. The Kier molecular flexibility index (Phi) is 1.96. The SMILES string of the molecule is O=C1C(=O)C2=C(CCC=N2)C2=C1N=CCC2. The van der Waals surface area contributed by atoms with Gasteiger partial charge in [-0.1, -0.05) is 0 Å². The van der Waals surface area contributed by atoms with Crippen LogP contribution in [0.5, 0.6) is 0 Å². The Morgan fingerprint density at radius 2 is 1.25 bits per heavy atom. The molecule has 3 rings (SSSR count). The summed E-state index contributed by atoms with van der Waals surface area (Å²) in [6.07, 6.45) is 6.68. The van der Waals surface area contributed by atoms with E-state index in [1.807, 2.05) is 0 Å². The third-order valence-corrected chi connectivity index (χ3v) is 3.06. The van der Waals surface area contributed by atoms with Gasteiger partial charge in [0.2, 0.25) is 0 Å². The third-order valence-electron chi connectivity index (χ3n) is 3.06. The molecule has 0 bridgehead atoms. The van der Waals surface area contributed by atoms with Crippen molar-refractivity contribution in [1.82, 2.24) is 0 Å². The molecular weight excluding hydrogens is 204 g/mol. The van der Waals surface area contributed by atoms with Crippen LogP contribution in [0.2, 0.25) is 0 Å². The molecule has 2 aliphatic heterocycles. The van der Waals surface area contributed by atoms with Crippen molar-refractivity contribution in [2.75, 3.05) is 0 Å². The fourth-order valence-corrected chi connectivity index (χ4v) is 2.32. The number of fused-ring (bicyclic) bond motifs is 1. The number of Topliss-reactive ketones (excluding diaryl/α,β-unsaturated/α-hetero) is 2. The summed E-state index contributed by atoms with van der Waals surface area (Å²) in [4.78, 5) is 31.7.